The van der Waals surface area contributed by atoms with Gasteiger partial charge in [-0.25, -0.2) is 8.42 Å². The van der Waals surface area contributed by atoms with Gasteiger partial charge in [0.15, 0.2) is 0 Å². The first kappa shape index (κ1) is 15.3. The van der Waals surface area contributed by atoms with Crippen LogP contribution in [0.4, 0.5) is 18.9 Å². The molecule has 0 aliphatic rings. The second-order valence-electron chi connectivity index (χ2n) is 3.65. The minimum Gasteiger partial charge on any atom is -0.480 e. The largest absolute Gasteiger partial charge is 0.501 e. The molecule has 0 saturated carbocycles. The van der Waals surface area contributed by atoms with Crippen molar-refractivity contribution in [3.63, 3.8) is 0 Å². The summed E-state index contributed by atoms with van der Waals surface area (Å²) in [5.41, 5.74) is -5.85. The summed E-state index contributed by atoms with van der Waals surface area (Å²) in [6, 6.07) is 3.02. The second-order valence-corrected chi connectivity index (χ2v) is 5.56. The lowest BCUT2D eigenvalue weighted by Gasteiger charge is -2.16. The van der Waals surface area contributed by atoms with E-state index in [1.165, 1.54) is 13.0 Å². The number of alkyl halides is 3. The quantitative estimate of drug-likeness (QED) is 0.886. The summed E-state index contributed by atoms with van der Waals surface area (Å²) in [7, 11) is -5.53. The SMILES string of the molecule is CC(Nc1ccccc1S(=O)(=O)C(F)(F)F)C(=O)O. The molecule has 0 aliphatic carbocycles. The van der Waals surface area contributed by atoms with Crippen molar-refractivity contribution in [3.8, 4) is 0 Å². The van der Waals surface area contributed by atoms with E-state index in [-0.39, 0.29) is 0 Å². The summed E-state index contributed by atoms with van der Waals surface area (Å²) in [5, 5.41) is 10.9. The Morgan fingerprint density at radius 3 is 2.32 bits per heavy atom. The summed E-state index contributed by atoms with van der Waals surface area (Å²) in [6.07, 6.45) is 0. The number of halogens is 3. The molecule has 0 spiro atoms. The Labute approximate surface area is 107 Å². The molecule has 1 aromatic carbocycles. The van der Waals surface area contributed by atoms with Gasteiger partial charge in [-0.15, -0.1) is 0 Å². The van der Waals surface area contributed by atoms with Gasteiger partial charge < -0.3 is 10.4 Å². The normalized spacial score (nSPS) is 13.9. The standard InChI is InChI=1S/C10H10F3NO4S/c1-6(9(15)16)14-7-4-2-3-5-8(7)19(17,18)10(11,12)13/h2-6,14H,1H3,(H,15,16). The molecule has 106 valence electrons. The molecular weight excluding hydrogens is 287 g/mol. The van der Waals surface area contributed by atoms with Gasteiger partial charge in [0.1, 0.15) is 6.04 Å². The molecule has 9 heteroatoms. The van der Waals surface area contributed by atoms with Crippen molar-refractivity contribution in [1.29, 1.82) is 0 Å². The average Bonchev–Trinajstić information content (AvgIpc) is 2.27. The molecule has 0 fully saturated rings. The molecule has 0 aliphatic heterocycles. The number of para-hydroxylation sites is 1. The Morgan fingerprint density at radius 2 is 1.84 bits per heavy atom. The highest BCUT2D eigenvalue weighted by molar-refractivity contribution is 7.92. The van der Waals surface area contributed by atoms with Gasteiger partial charge in [-0.05, 0) is 19.1 Å². The monoisotopic (exact) mass is 297 g/mol. The van der Waals surface area contributed by atoms with E-state index >= 15 is 0 Å². The first-order valence-electron chi connectivity index (χ1n) is 4.97. The fourth-order valence-corrected chi connectivity index (χ4v) is 2.16. The molecule has 0 amide bonds. The number of rotatable bonds is 4. The highest BCUT2D eigenvalue weighted by atomic mass is 32.2. The van der Waals surface area contributed by atoms with Crippen molar-refractivity contribution in [2.45, 2.75) is 23.4 Å². The van der Waals surface area contributed by atoms with Gasteiger partial charge in [0.2, 0.25) is 0 Å². The molecule has 0 radical (unpaired) electrons. The third kappa shape index (κ3) is 3.16. The number of carboxylic acids is 1. The van der Waals surface area contributed by atoms with Crippen molar-refractivity contribution in [3.05, 3.63) is 24.3 Å². The molecule has 2 N–H and O–H groups in total. The lowest BCUT2D eigenvalue weighted by atomic mass is 10.2. The van der Waals surface area contributed by atoms with Crippen LogP contribution < -0.4 is 5.32 Å². The number of carboxylic acid groups (broad SMARTS) is 1. The van der Waals surface area contributed by atoms with E-state index in [2.05, 4.69) is 5.32 Å². The number of sulfone groups is 1. The van der Waals surface area contributed by atoms with E-state index in [9.17, 15) is 26.4 Å². The summed E-state index contributed by atoms with van der Waals surface area (Å²) >= 11 is 0. The van der Waals surface area contributed by atoms with Gasteiger partial charge in [-0.3, -0.25) is 4.79 Å². The van der Waals surface area contributed by atoms with Crippen LogP contribution in [0.2, 0.25) is 0 Å². The molecule has 0 heterocycles. The predicted octanol–water partition coefficient (Wildman–Crippen LogP) is 1.87. The fourth-order valence-electron chi connectivity index (χ4n) is 1.24. The van der Waals surface area contributed by atoms with E-state index < -0.39 is 37.9 Å². The Kier molecular flexibility index (Phi) is 4.09. The van der Waals surface area contributed by atoms with Crippen LogP contribution in [0.1, 0.15) is 6.92 Å². The van der Waals surface area contributed by atoms with Crippen molar-refractivity contribution in [2.75, 3.05) is 5.32 Å². The third-order valence-corrected chi connectivity index (χ3v) is 3.77. The number of hydrogen-bond acceptors (Lipinski definition) is 4. The molecule has 1 atom stereocenters. The highest BCUT2D eigenvalue weighted by Gasteiger charge is 2.48. The summed E-state index contributed by atoms with van der Waals surface area (Å²) in [6.45, 7) is 1.18. The van der Waals surface area contributed by atoms with Crippen LogP contribution in [0, 0.1) is 0 Å². The van der Waals surface area contributed by atoms with Crippen LogP contribution in [0.25, 0.3) is 0 Å². The van der Waals surface area contributed by atoms with Crippen LogP contribution in [-0.4, -0.2) is 31.0 Å². The van der Waals surface area contributed by atoms with E-state index in [0.717, 1.165) is 18.2 Å². The lowest BCUT2D eigenvalue weighted by molar-refractivity contribution is -0.137. The van der Waals surface area contributed by atoms with Crippen LogP contribution in [0.5, 0.6) is 0 Å². The summed E-state index contributed by atoms with van der Waals surface area (Å²) in [4.78, 5) is 9.62. The average molecular weight is 297 g/mol. The molecule has 5 nitrogen and oxygen atoms in total. The number of hydrogen-bond donors (Lipinski definition) is 2. The number of aliphatic carboxylic acids is 1. The van der Waals surface area contributed by atoms with E-state index in [4.69, 9.17) is 5.11 Å². The number of carbonyl (C=O) groups is 1. The van der Waals surface area contributed by atoms with Gasteiger partial charge >= 0.3 is 11.5 Å². The maximum absolute atomic E-state index is 12.5. The predicted molar refractivity (Wildman–Crippen MR) is 60.4 cm³/mol. The molecule has 1 rings (SSSR count). The maximum Gasteiger partial charge on any atom is 0.501 e. The van der Waals surface area contributed by atoms with Crippen LogP contribution in [0.15, 0.2) is 29.2 Å². The zero-order chi connectivity index (χ0) is 14.8. The molecule has 1 aromatic rings. The van der Waals surface area contributed by atoms with Crippen LogP contribution in [0.3, 0.4) is 0 Å². The van der Waals surface area contributed by atoms with Crippen LogP contribution in [-0.2, 0) is 14.6 Å². The Bertz CT molecular complexity index is 583. The number of nitrogens with one attached hydrogen (secondary N) is 1. The van der Waals surface area contributed by atoms with Gasteiger partial charge in [-0.1, -0.05) is 12.1 Å². The van der Waals surface area contributed by atoms with Crippen molar-refractivity contribution in [2.24, 2.45) is 0 Å². The van der Waals surface area contributed by atoms with Gasteiger partial charge in [-0.2, -0.15) is 13.2 Å². The van der Waals surface area contributed by atoms with Crippen molar-refractivity contribution >= 4 is 21.5 Å². The third-order valence-electron chi connectivity index (χ3n) is 2.22. The van der Waals surface area contributed by atoms with Gasteiger partial charge in [0, 0.05) is 0 Å². The zero-order valence-electron chi connectivity index (χ0n) is 9.60. The molecule has 19 heavy (non-hydrogen) atoms. The second kappa shape index (κ2) is 5.08. The molecule has 1 unspecified atom stereocenters. The van der Waals surface area contributed by atoms with Crippen LogP contribution >= 0.6 is 0 Å². The zero-order valence-corrected chi connectivity index (χ0v) is 10.4. The fraction of sp³-hybridized carbons (Fsp3) is 0.300. The molecule has 0 saturated heterocycles. The Balaban J connectivity index is 3.28. The Morgan fingerprint density at radius 1 is 1.32 bits per heavy atom. The number of anilines is 1. The minimum atomic E-state index is -5.53. The van der Waals surface area contributed by atoms with E-state index in [1.807, 2.05) is 0 Å². The van der Waals surface area contributed by atoms with Gasteiger partial charge in [0.05, 0.1) is 10.6 Å². The first-order chi connectivity index (χ1) is 8.57. The van der Waals surface area contributed by atoms with E-state index in [1.54, 1.807) is 0 Å². The minimum absolute atomic E-state index is 0.408. The van der Waals surface area contributed by atoms with E-state index in [0.29, 0.717) is 0 Å². The number of benzene rings is 1. The Hall–Kier alpha value is -1.77. The lowest BCUT2D eigenvalue weighted by Crippen LogP contribution is -2.28. The topological polar surface area (TPSA) is 83.5 Å². The maximum atomic E-state index is 12.5. The molecular formula is C10H10F3NO4S. The smallest absolute Gasteiger partial charge is 0.480 e. The first-order valence-corrected chi connectivity index (χ1v) is 6.45. The molecule has 0 aromatic heterocycles. The van der Waals surface area contributed by atoms with Gasteiger partial charge in [0.25, 0.3) is 9.84 Å². The molecule has 0 bridgehead atoms. The summed E-state index contributed by atoms with van der Waals surface area (Å²) in [5.74, 6) is -1.32. The van der Waals surface area contributed by atoms with Crippen molar-refractivity contribution in [1.82, 2.24) is 0 Å². The van der Waals surface area contributed by atoms with Crippen molar-refractivity contribution < 1.29 is 31.5 Å². The highest BCUT2D eigenvalue weighted by Crippen LogP contribution is 2.34. The summed E-state index contributed by atoms with van der Waals surface area (Å²) < 4.78 is 60.0.